The van der Waals surface area contributed by atoms with Gasteiger partial charge < -0.3 is 20.3 Å². The molecule has 2 rings (SSSR count). The first kappa shape index (κ1) is 21.5. The standard InChI is InChI=1S/C22H38N4O/c1-6-18(3)27-21-15-17(2)7-8-20(21)16-25-22(23-4)24-12-9-19-10-13-26(5)14-11-19/h7-8,15,18-19H,6,9-14,16H2,1-5H3,(H2,23,24,25). The summed E-state index contributed by atoms with van der Waals surface area (Å²) >= 11 is 0. The van der Waals surface area contributed by atoms with Gasteiger partial charge in [0.05, 0.1) is 6.10 Å². The maximum atomic E-state index is 6.11. The number of ether oxygens (including phenoxy) is 1. The lowest BCUT2D eigenvalue weighted by Crippen LogP contribution is -2.38. The van der Waals surface area contributed by atoms with E-state index in [0.717, 1.165) is 30.6 Å². The molecule has 1 aliphatic heterocycles. The van der Waals surface area contributed by atoms with Crippen LogP contribution in [0.25, 0.3) is 0 Å². The van der Waals surface area contributed by atoms with E-state index in [2.05, 4.69) is 66.5 Å². The molecule has 5 nitrogen and oxygen atoms in total. The average molecular weight is 375 g/mol. The van der Waals surface area contributed by atoms with Crippen molar-refractivity contribution in [2.24, 2.45) is 10.9 Å². The third-order valence-electron chi connectivity index (χ3n) is 5.48. The molecule has 1 atom stereocenters. The van der Waals surface area contributed by atoms with Crippen molar-refractivity contribution in [2.45, 2.75) is 59.1 Å². The Balaban J connectivity index is 1.81. The maximum Gasteiger partial charge on any atom is 0.191 e. The number of aliphatic imine (C=N–C) groups is 1. The van der Waals surface area contributed by atoms with Crippen LogP contribution in [0.3, 0.4) is 0 Å². The van der Waals surface area contributed by atoms with Gasteiger partial charge in [-0.05, 0) is 77.2 Å². The Kier molecular flexibility index (Phi) is 8.92. The number of benzene rings is 1. The fourth-order valence-electron chi connectivity index (χ4n) is 3.36. The third kappa shape index (κ3) is 7.41. The fraction of sp³-hybridized carbons (Fsp3) is 0.682. The maximum absolute atomic E-state index is 6.11. The van der Waals surface area contributed by atoms with E-state index in [1.807, 2.05) is 7.05 Å². The molecule has 152 valence electrons. The zero-order valence-electron chi connectivity index (χ0n) is 17.8. The summed E-state index contributed by atoms with van der Waals surface area (Å²) < 4.78 is 6.11. The number of aryl methyl sites for hydroxylation is 1. The zero-order chi connectivity index (χ0) is 19.6. The van der Waals surface area contributed by atoms with E-state index in [1.165, 1.54) is 43.5 Å². The molecule has 0 amide bonds. The quantitative estimate of drug-likeness (QED) is 0.539. The highest BCUT2D eigenvalue weighted by Crippen LogP contribution is 2.22. The number of rotatable bonds is 8. The smallest absolute Gasteiger partial charge is 0.191 e. The lowest BCUT2D eigenvalue weighted by Gasteiger charge is -2.29. The van der Waals surface area contributed by atoms with Crippen molar-refractivity contribution < 1.29 is 4.74 Å². The Hall–Kier alpha value is -1.75. The largest absolute Gasteiger partial charge is 0.490 e. The molecule has 0 radical (unpaired) electrons. The highest BCUT2D eigenvalue weighted by molar-refractivity contribution is 5.79. The molecule has 0 aliphatic carbocycles. The Morgan fingerprint density at radius 3 is 2.70 bits per heavy atom. The van der Waals surface area contributed by atoms with Crippen LogP contribution in [0.1, 0.15) is 50.7 Å². The molecule has 1 heterocycles. The SMILES string of the molecule is CCC(C)Oc1cc(C)ccc1CNC(=NC)NCCC1CCN(C)CC1. The number of nitrogens with one attached hydrogen (secondary N) is 2. The molecule has 1 fully saturated rings. The number of hydrogen-bond acceptors (Lipinski definition) is 3. The number of hydrogen-bond donors (Lipinski definition) is 2. The Bertz CT molecular complexity index is 594. The molecule has 1 saturated heterocycles. The molecule has 1 aromatic carbocycles. The van der Waals surface area contributed by atoms with Gasteiger partial charge in [-0.1, -0.05) is 19.1 Å². The molecule has 0 saturated carbocycles. The molecule has 5 heteroatoms. The summed E-state index contributed by atoms with van der Waals surface area (Å²) in [5.74, 6) is 2.66. The van der Waals surface area contributed by atoms with Gasteiger partial charge in [0.2, 0.25) is 0 Å². The first-order valence-corrected chi connectivity index (χ1v) is 10.4. The molecule has 0 aromatic heterocycles. The second kappa shape index (κ2) is 11.2. The summed E-state index contributed by atoms with van der Waals surface area (Å²) in [5, 5.41) is 6.90. The van der Waals surface area contributed by atoms with Crippen molar-refractivity contribution in [1.82, 2.24) is 15.5 Å². The highest BCUT2D eigenvalue weighted by Gasteiger charge is 2.16. The number of likely N-dealkylation sites (tertiary alicyclic amines) is 1. The lowest BCUT2D eigenvalue weighted by atomic mass is 9.94. The molecular weight excluding hydrogens is 336 g/mol. The van der Waals surface area contributed by atoms with Crippen molar-refractivity contribution in [2.75, 3.05) is 33.7 Å². The van der Waals surface area contributed by atoms with E-state index in [9.17, 15) is 0 Å². The van der Waals surface area contributed by atoms with E-state index in [1.54, 1.807) is 0 Å². The van der Waals surface area contributed by atoms with Gasteiger partial charge in [-0.15, -0.1) is 0 Å². The Labute approximate surface area is 165 Å². The van der Waals surface area contributed by atoms with Crippen molar-refractivity contribution >= 4 is 5.96 Å². The third-order valence-corrected chi connectivity index (χ3v) is 5.48. The van der Waals surface area contributed by atoms with Crippen LogP contribution >= 0.6 is 0 Å². The van der Waals surface area contributed by atoms with E-state index in [0.29, 0.717) is 6.54 Å². The van der Waals surface area contributed by atoms with Crippen LogP contribution in [0.15, 0.2) is 23.2 Å². The van der Waals surface area contributed by atoms with Crippen molar-refractivity contribution in [1.29, 1.82) is 0 Å². The summed E-state index contributed by atoms with van der Waals surface area (Å²) in [6, 6.07) is 6.40. The van der Waals surface area contributed by atoms with E-state index >= 15 is 0 Å². The topological polar surface area (TPSA) is 48.9 Å². The van der Waals surface area contributed by atoms with Crippen LogP contribution < -0.4 is 15.4 Å². The summed E-state index contributed by atoms with van der Waals surface area (Å²) in [4.78, 5) is 6.79. The van der Waals surface area contributed by atoms with E-state index < -0.39 is 0 Å². The summed E-state index contributed by atoms with van der Waals surface area (Å²) in [7, 11) is 4.04. The van der Waals surface area contributed by atoms with Gasteiger partial charge in [0.25, 0.3) is 0 Å². The molecule has 2 N–H and O–H groups in total. The lowest BCUT2D eigenvalue weighted by molar-refractivity contribution is 0.213. The second-order valence-electron chi connectivity index (χ2n) is 7.84. The van der Waals surface area contributed by atoms with Gasteiger partial charge in [-0.25, -0.2) is 0 Å². The summed E-state index contributed by atoms with van der Waals surface area (Å²) in [5.41, 5.74) is 2.39. The summed E-state index contributed by atoms with van der Waals surface area (Å²) in [6.45, 7) is 10.5. The first-order valence-electron chi connectivity index (χ1n) is 10.4. The molecular formula is C22H38N4O. The van der Waals surface area contributed by atoms with Gasteiger partial charge in [0, 0.05) is 25.7 Å². The van der Waals surface area contributed by atoms with Gasteiger partial charge >= 0.3 is 0 Å². The molecule has 0 bridgehead atoms. The minimum Gasteiger partial charge on any atom is -0.490 e. The predicted octanol–water partition coefficient (Wildman–Crippen LogP) is 3.57. The minimum atomic E-state index is 0.220. The van der Waals surface area contributed by atoms with Crippen LogP contribution in [-0.2, 0) is 6.54 Å². The molecule has 1 unspecified atom stereocenters. The Morgan fingerprint density at radius 1 is 1.30 bits per heavy atom. The molecule has 0 spiro atoms. The molecule has 1 aliphatic rings. The molecule has 1 aromatic rings. The zero-order valence-corrected chi connectivity index (χ0v) is 17.8. The second-order valence-corrected chi connectivity index (χ2v) is 7.84. The van der Waals surface area contributed by atoms with Gasteiger partial charge in [0.15, 0.2) is 5.96 Å². The molecule has 27 heavy (non-hydrogen) atoms. The van der Waals surface area contributed by atoms with Gasteiger partial charge in [-0.3, -0.25) is 4.99 Å². The Morgan fingerprint density at radius 2 is 2.04 bits per heavy atom. The van der Waals surface area contributed by atoms with Crippen LogP contribution in [0.2, 0.25) is 0 Å². The van der Waals surface area contributed by atoms with Crippen molar-refractivity contribution in [3.63, 3.8) is 0 Å². The number of nitrogens with zero attached hydrogens (tertiary/aromatic N) is 2. The average Bonchev–Trinajstić information content (AvgIpc) is 2.67. The first-order chi connectivity index (χ1) is 13.0. The summed E-state index contributed by atoms with van der Waals surface area (Å²) in [6.07, 6.45) is 5.05. The minimum absolute atomic E-state index is 0.220. The van der Waals surface area contributed by atoms with Crippen LogP contribution in [0.5, 0.6) is 5.75 Å². The fourth-order valence-corrected chi connectivity index (χ4v) is 3.36. The van der Waals surface area contributed by atoms with Crippen LogP contribution in [0, 0.1) is 12.8 Å². The van der Waals surface area contributed by atoms with E-state index in [-0.39, 0.29) is 6.10 Å². The highest BCUT2D eigenvalue weighted by atomic mass is 16.5. The van der Waals surface area contributed by atoms with Gasteiger partial charge in [0.1, 0.15) is 5.75 Å². The predicted molar refractivity (Wildman–Crippen MR) is 115 cm³/mol. The van der Waals surface area contributed by atoms with Gasteiger partial charge in [-0.2, -0.15) is 0 Å². The number of piperidine rings is 1. The van der Waals surface area contributed by atoms with Crippen LogP contribution in [0.4, 0.5) is 0 Å². The van der Waals surface area contributed by atoms with Crippen molar-refractivity contribution in [3.05, 3.63) is 29.3 Å². The number of guanidine groups is 1. The normalized spacial score (nSPS) is 17.6. The van der Waals surface area contributed by atoms with Crippen molar-refractivity contribution in [3.8, 4) is 5.75 Å². The van der Waals surface area contributed by atoms with Crippen LogP contribution in [-0.4, -0.2) is 50.7 Å². The van der Waals surface area contributed by atoms with E-state index in [4.69, 9.17) is 4.74 Å². The monoisotopic (exact) mass is 374 g/mol.